The second-order valence-corrected chi connectivity index (χ2v) is 3.77. The molecule has 0 radical (unpaired) electrons. The van der Waals surface area contributed by atoms with Gasteiger partial charge in [0.2, 0.25) is 0 Å². The maximum Gasteiger partial charge on any atom is 0.140 e. The molecule has 0 bridgehead atoms. The normalized spacial score (nSPS) is 10.0. The lowest BCUT2D eigenvalue weighted by Gasteiger charge is -2.06. The highest BCUT2D eigenvalue weighted by molar-refractivity contribution is 5.68. The molecule has 0 spiro atoms. The Morgan fingerprint density at radius 1 is 1.06 bits per heavy atom. The molecule has 0 aromatic heterocycles. The van der Waals surface area contributed by atoms with Crippen LogP contribution in [0.1, 0.15) is 11.1 Å². The summed E-state index contributed by atoms with van der Waals surface area (Å²) in [5.41, 5.74) is 2.15. The molecule has 0 saturated heterocycles. The van der Waals surface area contributed by atoms with Gasteiger partial charge in [0, 0.05) is 0 Å². The van der Waals surface area contributed by atoms with Crippen molar-refractivity contribution in [3.8, 4) is 17.2 Å². The minimum absolute atomic E-state index is 0.0360. The molecule has 0 aliphatic rings. The van der Waals surface area contributed by atoms with E-state index < -0.39 is 5.82 Å². The average Bonchev–Trinajstić information content (AvgIpc) is 2.33. The number of nitriles is 1. The Morgan fingerprint density at radius 3 is 2.53 bits per heavy atom. The van der Waals surface area contributed by atoms with Gasteiger partial charge in [-0.25, -0.2) is 8.78 Å². The first-order chi connectivity index (χ1) is 8.11. The number of halogens is 2. The molecule has 0 atom stereocenters. The average molecular weight is 229 g/mol. The van der Waals surface area contributed by atoms with Crippen LogP contribution in [-0.2, 0) is 0 Å². The quantitative estimate of drug-likeness (QED) is 0.729. The predicted molar refractivity (Wildman–Crippen MR) is 61.2 cm³/mol. The van der Waals surface area contributed by atoms with Crippen molar-refractivity contribution in [3.63, 3.8) is 0 Å². The van der Waals surface area contributed by atoms with Gasteiger partial charge in [-0.1, -0.05) is 12.1 Å². The van der Waals surface area contributed by atoms with Gasteiger partial charge >= 0.3 is 0 Å². The lowest BCUT2D eigenvalue weighted by Crippen LogP contribution is -1.89. The Balaban J connectivity index is 2.61. The molecule has 0 aliphatic carbocycles. The number of hydrogen-bond acceptors (Lipinski definition) is 1. The van der Waals surface area contributed by atoms with Gasteiger partial charge < -0.3 is 0 Å². The van der Waals surface area contributed by atoms with Crippen molar-refractivity contribution in [1.29, 1.82) is 5.26 Å². The van der Waals surface area contributed by atoms with Crippen LogP contribution >= 0.6 is 0 Å². The molecule has 2 aromatic rings. The lowest BCUT2D eigenvalue weighted by molar-refractivity contribution is 0.624. The van der Waals surface area contributed by atoms with E-state index in [1.807, 2.05) is 6.92 Å². The summed E-state index contributed by atoms with van der Waals surface area (Å²) in [6, 6.07) is 10.4. The van der Waals surface area contributed by atoms with Gasteiger partial charge in [0.1, 0.15) is 17.7 Å². The Morgan fingerprint density at radius 2 is 1.82 bits per heavy atom. The van der Waals surface area contributed by atoms with E-state index in [-0.39, 0.29) is 11.4 Å². The van der Waals surface area contributed by atoms with Crippen LogP contribution < -0.4 is 0 Å². The molecule has 0 saturated carbocycles. The molecule has 17 heavy (non-hydrogen) atoms. The summed E-state index contributed by atoms with van der Waals surface area (Å²) >= 11 is 0. The van der Waals surface area contributed by atoms with Crippen LogP contribution in [0.5, 0.6) is 0 Å². The van der Waals surface area contributed by atoms with Gasteiger partial charge in [0.15, 0.2) is 0 Å². The highest BCUT2D eigenvalue weighted by Crippen LogP contribution is 2.25. The fraction of sp³-hybridized carbons (Fsp3) is 0.0714. The molecule has 0 aliphatic heterocycles. The maximum atomic E-state index is 13.2. The molecule has 0 unspecified atom stereocenters. The van der Waals surface area contributed by atoms with Crippen LogP contribution in [0.15, 0.2) is 36.4 Å². The maximum absolute atomic E-state index is 13.2. The second-order valence-electron chi connectivity index (χ2n) is 3.77. The Hall–Kier alpha value is -2.21. The van der Waals surface area contributed by atoms with E-state index in [4.69, 9.17) is 5.26 Å². The number of nitrogens with zero attached hydrogens (tertiary/aromatic N) is 1. The predicted octanol–water partition coefficient (Wildman–Crippen LogP) is 3.81. The number of benzene rings is 2. The molecule has 2 aromatic carbocycles. The van der Waals surface area contributed by atoms with Gasteiger partial charge in [-0.2, -0.15) is 5.26 Å². The van der Waals surface area contributed by atoms with Crippen molar-refractivity contribution in [3.05, 3.63) is 59.2 Å². The van der Waals surface area contributed by atoms with Crippen LogP contribution in [0.25, 0.3) is 11.1 Å². The molecular weight excluding hydrogens is 220 g/mol. The van der Waals surface area contributed by atoms with Crippen molar-refractivity contribution in [2.45, 2.75) is 6.92 Å². The third-order valence-corrected chi connectivity index (χ3v) is 2.60. The molecule has 0 amide bonds. The molecule has 2 rings (SSSR count). The molecule has 0 fully saturated rings. The summed E-state index contributed by atoms with van der Waals surface area (Å²) in [6.45, 7) is 1.84. The number of rotatable bonds is 1. The summed E-state index contributed by atoms with van der Waals surface area (Å²) in [6.07, 6.45) is 0. The van der Waals surface area contributed by atoms with Crippen LogP contribution in [0.3, 0.4) is 0 Å². The fourth-order valence-electron chi connectivity index (χ4n) is 1.68. The zero-order chi connectivity index (χ0) is 12.4. The van der Waals surface area contributed by atoms with Gasteiger partial charge in [0.25, 0.3) is 0 Å². The summed E-state index contributed by atoms with van der Waals surface area (Å²) < 4.78 is 26.3. The van der Waals surface area contributed by atoms with Crippen molar-refractivity contribution >= 4 is 0 Å². The second kappa shape index (κ2) is 4.34. The first kappa shape index (κ1) is 11.3. The Labute approximate surface area is 97.9 Å². The first-order valence-electron chi connectivity index (χ1n) is 5.08. The first-order valence-corrected chi connectivity index (χ1v) is 5.08. The standard InChI is InChI=1S/C14H9F2N/c1-9-2-4-12(15)7-13(9)10-3-5-14(16)11(6-10)8-17/h2-7H,1H3. The van der Waals surface area contributed by atoms with Crippen LogP contribution in [0.4, 0.5) is 8.78 Å². The van der Waals surface area contributed by atoms with Crippen molar-refractivity contribution in [2.75, 3.05) is 0 Å². The highest BCUT2D eigenvalue weighted by atomic mass is 19.1. The molecular formula is C14H9F2N. The third-order valence-electron chi connectivity index (χ3n) is 2.60. The van der Waals surface area contributed by atoms with E-state index in [1.165, 1.54) is 30.3 Å². The number of aryl methyl sites for hydroxylation is 1. The summed E-state index contributed by atoms with van der Waals surface area (Å²) in [5.74, 6) is -0.918. The van der Waals surface area contributed by atoms with Gasteiger partial charge in [-0.05, 0) is 47.9 Å². The zero-order valence-electron chi connectivity index (χ0n) is 9.17. The molecule has 3 heteroatoms. The molecule has 0 N–H and O–H groups in total. The molecule has 84 valence electrons. The van der Waals surface area contributed by atoms with Crippen molar-refractivity contribution in [2.24, 2.45) is 0 Å². The Bertz CT molecular complexity index is 612. The highest BCUT2D eigenvalue weighted by Gasteiger charge is 2.07. The summed E-state index contributed by atoms with van der Waals surface area (Å²) in [4.78, 5) is 0. The minimum atomic E-state index is -0.565. The van der Waals surface area contributed by atoms with Crippen LogP contribution in [-0.4, -0.2) is 0 Å². The minimum Gasteiger partial charge on any atom is -0.207 e. The third kappa shape index (κ3) is 2.16. The lowest BCUT2D eigenvalue weighted by atomic mass is 9.99. The van der Waals surface area contributed by atoms with E-state index in [9.17, 15) is 8.78 Å². The van der Waals surface area contributed by atoms with Crippen LogP contribution in [0, 0.1) is 29.9 Å². The zero-order valence-corrected chi connectivity index (χ0v) is 9.17. The smallest absolute Gasteiger partial charge is 0.140 e. The van der Waals surface area contributed by atoms with Crippen molar-refractivity contribution < 1.29 is 8.78 Å². The van der Waals surface area contributed by atoms with E-state index in [0.717, 1.165) is 5.56 Å². The number of hydrogen-bond donors (Lipinski definition) is 0. The topological polar surface area (TPSA) is 23.8 Å². The van der Waals surface area contributed by atoms with Gasteiger partial charge in [0.05, 0.1) is 5.56 Å². The van der Waals surface area contributed by atoms with E-state index in [1.54, 1.807) is 12.1 Å². The molecule has 0 heterocycles. The fourth-order valence-corrected chi connectivity index (χ4v) is 1.68. The monoisotopic (exact) mass is 229 g/mol. The van der Waals surface area contributed by atoms with E-state index in [2.05, 4.69) is 0 Å². The van der Waals surface area contributed by atoms with Gasteiger partial charge in [-0.15, -0.1) is 0 Å². The van der Waals surface area contributed by atoms with Gasteiger partial charge in [-0.3, -0.25) is 0 Å². The molecule has 1 nitrogen and oxygen atoms in total. The van der Waals surface area contributed by atoms with Crippen molar-refractivity contribution in [1.82, 2.24) is 0 Å². The van der Waals surface area contributed by atoms with E-state index >= 15 is 0 Å². The Kier molecular flexibility index (Phi) is 2.88. The summed E-state index contributed by atoms with van der Waals surface area (Å²) in [7, 11) is 0. The largest absolute Gasteiger partial charge is 0.207 e. The summed E-state index contributed by atoms with van der Waals surface area (Å²) in [5, 5.41) is 8.75. The van der Waals surface area contributed by atoms with E-state index in [0.29, 0.717) is 11.1 Å². The van der Waals surface area contributed by atoms with Crippen LogP contribution in [0.2, 0.25) is 0 Å². The SMILES string of the molecule is Cc1ccc(F)cc1-c1ccc(F)c(C#N)c1.